The summed E-state index contributed by atoms with van der Waals surface area (Å²) < 4.78 is 27.7. The first kappa shape index (κ1) is 19.5. The van der Waals surface area contributed by atoms with E-state index >= 15 is 0 Å². The number of rotatable bonds is 5. The van der Waals surface area contributed by atoms with Crippen molar-refractivity contribution in [2.75, 3.05) is 18.8 Å². The molecule has 1 amide bonds. The fourth-order valence-corrected chi connectivity index (χ4v) is 3.47. The van der Waals surface area contributed by atoms with Crippen molar-refractivity contribution in [1.29, 1.82) is 0 Å². The number of carboxylic acid groups (broad SMARTS) is 1. The van der Waals surface area contributed by atoms with Crippen molar-refractivity contribution in [2.45, 2.75) is 18.7 Å². The van der Waals surface area contributed by atoms with E-state index in [9.17, 15) is 23.1 Å². The Balaban J connectivity index is 2.44. The molecular formula is C18H20N2O5S. The Bertz CT molecular complexity index is 981. The molecule has 0 atom stereocenters. The third kappa shape index (κ3) is 4.02. The minimum atomic E-state index is -4.01. The van der Waals surface area contributed by atoms with E-state index in [0.717, 1.165) is 6.07 Å². The average Bonchev–Trinajstić information content (AvgIpc) is 2.55. The van der Waals surface area contributed by atoms with Crippen LogP contribution in [0.2, 0.25) is 0 Å². The lowest BCUT2D eigenvalue weighted by atomic mass is 10.1. The van der Waals surface area contributed by atoms with Gasteiger partial charge >= 0.3 is 5.97 Å². The molecule has 138 valence electrons. The van der Waals surface area contributed by atoms with Gasteiger partial charge in [-0.15, -0.1) is 0 Å². The van der Waals surface area contributed by atoms with E-state index in [0.29, 0.717) is 16.7 Å². The van der Waals surface area contributed by atoms with Crippen LogP contribution in [0.15, 0.2) is 41.3 Å². The maximum atomic E-state index is 12.7. The van der Waals surface area contributed by atoms with E-state index in [1.807, 2.05) is 0 Å². The lowest BCUT2D eigenvalue weighted by molar-refractivity contribution is 0.0695. The zero-order chi connectivity index (χ0) is 19.6. The highest BCUT2D eigenvalue weighted by molar-refractivity contribution is 7.92. The molecule has 2 N–H and O–H groups in total. The first-order chi connectivity index (χ1) is 12.0. The van der Waals surface area contributed by atoms with Crippen LogP contribution in [0.25, 0.3) is 0 Å². The number of amides is 1. The minimum absolute atomic E-state index is 0.0823. The van der Waals surface area contributed by atoms with Crippen molar-refractivity contribution < 1.29 is 23.1 Å². The second-order valence-corrected chi connectivity index (χ2v) is 7.80. The van der Waals surface area contributed by atoms with Gasteiger partial charge in [0, 0.05) is 19.7 Å². The van der Waals surface area contributed by atoms with Crippen molar-refractivity contribution in [2.24, 2.45) is 0 Å². The highest BCUT2D eigenvalue weighted by Crippen LogP contribution is 2.23. The SMILES string of the molecule is Cc1ccc(C(=O)N(C)C)cc1NS(=O)(=O)c1ccc(C)c(C(=O)O)c1. The van der Waals surface area contributed by atoms with Gasteiger partial charge in [0.15, 0.2) is 0 Å². The number of aromatic carboxylic acids is 1. The van der Waals surface area contributed by atoms with E-state index in [4.69, 9.17) is 0 Å². The number of nitrogens with zero attached hydrogens (tertiary/aromatic N) is 1. The molecule has 2 rings (SSSR count). The summed E-state index contributed by atoms with van der Waals surface area (Å²) in [5.74, 6) is -1.46. The Labute approximate surface area is 152 Å². The van der Waals surface area contributed by atoms with E-state index < -0.39 is 16.0 Å². The lowest BCUT2D eigenvalue weighted by Crippen LogP contribution is -2.22. The summed E-state index contributed by atoms with van der Waals surface area (Å²) in [4.78, 5) is 24.6. The molecule has 8 heteroatoms. The molecule has 0 bridgehead atoms. The molecule has 0 saturated heterocycles. The van der Waals surface area contributed by atoms with E-state index in [2.05, 4.69) is 4.72 Å². The Morgan fingerprint density at radius 3 is 2.19 bits per heavy atom. The van der Waals surface area contributed by atoms with Crippen molar-refractivity contribution >= 4 is 27.6 Å². The molecule has 0 heterocycles. The van der Waals surface area contributed by atoms with Gasteiger partial charge in [0.2, 0.25) is 0 Å². The monoisotopic (exact) mass is 376 g/mol. The Morgan fingerprint density at radius 2 is 1.62 bits per heavy atom. The van der Waals surface area contributed by atoms with Gasteiger partial charge in [-0.3, -0.25) is 9.52 Å². The van der Waals surface area contributed by atoms with Crippen molar-refractivity contribution in [1.82, 2.24) is 4.90 Å². The Kier molecular flexibility index (Phi) is 5.36. The maximum Gasteiger partial charge on any atom is 0.335 e. The standard InChI is InChI=1S/C18H20N2O5S/c1-11-6-8-14(10-15(11)18(22)23)26(24,25)19-16-9-13(7-5-12(16)2)17(21)20(3)4/h5-10,19H,1-4H3,(H,22,23). The van der Waals surface area contributed by atoms with Crippen molar-refractivity contribution in [3.63, 3.8) is 0 Å². The summed E-state index contributed by atoms with van der Waals surface area (Å²) in [6.45, 7) is 3.30. The second kappa shape index (κ2) is 7.17. The van der Waals surface area contributed by atoms with E-state index in [-0.39, 0.29) is 22.1 Å². The predicted molar refractivity (Wildman–Crippen MR) is 98.1 cm³/mol. The molecule has 0 saturated carbocycles. The number of nitrogens with one attached hydrogen (secondary N) is 1. The molecule has 0 radical (unpaired) electrons. The summed E-state index contributed by atoms with van der Waals surface area (Å²) in [7, 11) is -0.804. The molecule has 0 aromatic heterocycles. The number of hydrogen-bond donors (Lipinski definition) is 2. The number of benzene rings is 2. The smallest absolute Gasteiger partial charge is 0.335 e. The number of carbonyl (C=O) groups excluding carboxylic acids is 1. The number of sulfonamides is 1. The molecule has 2 aromatic carbocycles. The summed E-state index contributed by atoms with van der Waals surface area (Å²) in [6.07, 6.45) is 0. The number of carbonyl (C=O) groups is 2. The largest absolute Gasteiger partial charge is 0.478 e. The summed E-state index contributed by atoms with van der Waals surface area (Å²) in [5, 5.41) is 9.18. The molecule has 0 aliphatic rings. The number of carboxylic acids is 1. The number of anilines is 1. The topological polar surface area (TPSA) is 104 Å². The van der Waals surface area contributed by atoms with Crippen LogP contribution in [0.4, 0.5) is 5.69 Å². The summed E-state index contributed by atoms with van der Waals surface area (Å²) in [6, 6.07) is 8.62. The van der Waals surface area contributed by atoms with Crippen LogP contribution in [0.5, 0.6) is 0 Å². The van der Waals surface area contributed by atoms with Gasteiger partial charge in [0.05, 0.1) is 16.1 Å². The molecule has 0 fully saturated rings. The van der Waals surface area contributed by atoms with Gasteiger partial charge in [-0.25, -0.2) is 13.2 Å². The molecule has 0 spiro atoms. The van der Waals surface area contributed by atoms with Gasteiger partial charge in [-0.2, -0.15) is 0 Å². The van der Waals surface area contributed by atoms with Gasteiger partial charge in [0.25, 0.3) is 15.9 Å². The Morgan fingerprint density at radius 1 is 1.00 bits per heavy atom. The molecule has 0 unspecified atom stereocenters. The molecule has 7 nitrogen and oxygen atoms in total. The fourth-order valence-electron chi connectivity index (χ4n) is 2.33. The van der Waals surface area contributed by atoms with Crippen molar-refractivity contribution in [3.05, 3.63) is 58.7 Å². The van der Waals surface area contributed by atoms with Gasteiger partial charge in [-0.05, 0) is 49.2 Å². The zero-order valence-electron chi connectivity index (χ0n) is 14.9. The number of hydrogen-bond acceptors (Lipinski definition) is 4. The summed E-state index contributed by atoms with van der Waals surface area (Å²) >= 11 is 0. The van der Waals surface area contributed by atoms with Gasteiger partial charge < -0.3 is 10.0 Å². The zero-order valence-corrected chi connectivity index (χ0v) is 15.7. The van der Waals surface area contributed by atoms with E-state index in [1.54, 1.807) is 40.1 Å². The fraction of sp³-hybridized carbons (Fsp3) is 0.222. The molecule has 0 aliphatic heterocycles. The van der Waals surface area contributed by atoms with Crippen LogP contribution in [0, 0.1) is 13.8 Å². The van der Waals surface area contributed by atoms with Gasteiger partial charge in [-0.1, -0.05) is 12.1 Å². The highest BCUT2D eigenvalue weighted by Gasteiger charge is 2.19. The first-order valence-corrected chi connectivity index (χ1v) is 9.20. The second-order valence-electron chi connectivity index (χ2n) is 6.12. The maximum absolute atomic E-state index is 12.7. The molecular weight excluding hydrogens is 356 g/mol. The normalized spacial score (nSPS) is 11.1. The molecule has 26 heavy (non-hydrogen) atoms. The minimum Gasteiger partial charge on any atom is -0.478 e. The van der Waals surface area contributed by atoms with Crippen LogP contribution >= 0.6 is 0 Å². The molecule has 0 aliphatic carbocycles. The third-order valence-electron chi connectivity index (χ3n) is 3.88. The van der Waals surface area contributed by atoms with Crippen LogP contribution in [0.3, 0.4) is 0 Å². The van der Waals surface area contributed by atoms with Crippen LogP contribution in [-0.2, 0) is 10.0 Å². The summed E-state index contributed by atoms with van der Waals surface area (Å²) in [5.41, 5.74) is 1.62. The average molecular weight is 376 g/mol. The molecule has 2 aromatic rings. The van der Waals surface area contributed by atoms with Crippen LogP contribution in [0.1, 0.15) is 31.8 Å². The predicted octanol–water partition coefficient (Wildman–Crippen LogP) is 2.50. The first-order valence-electron chi connectivity index (χ1n) is 7.72. The third-order valence-corrected chi connectivity index (χ3v) is 5.25. The van der Waals surface area contributed by atoms with Crippen molar-refractivity contribution in [3.8, 4) is 0 Å². The van der Waals surface area contributed by atoms with E-state index in [1.165, 1.54) is 23.1 Å². The Hall–Kier alpha value is -2.87. The highest BCUT2D eigenvalue weighted by atomic mass is 32.2. The van der Waals surface area contributed by atoms with Crippen LogP contribution < -0.4 is 4.72 Å². The van der Waals surface area contributed by atoms with Gasteiger partial charge in [0.1, 0.15) is 0 Å². The van der Waals surface area contributed by atoms with Crippen LogP contribution in [-0.4, -0.2) is 44.4 Å². The number of aryl methyl sites for hydroxylation is 2. The lowest BCUT2D eigenvalue weighted by Gasteiger charge is -2.15. The quantitative estimate of drug-likeness (QED) is 0.834.